The van der Waals surface area contributed by atoms with Crippen molar-refractivity contribution in [3.05, 3.63) is 0 Å². The van der Waals surface area contributed by atoms with Crippen molar-refractivity contribution >= 4 is 5.97 Å². The summed E-state index contributed by atoms with van der Waals surface area (Å²) in [6.45, 7) is 22.6. The standard InChI is InChI=1S/C50H100O26/c1-53-4-5-55-8-9-57-12-13-59-16-17-61-20-21-63-24-25-65-28-29-67-32-33-69-36-37-71-40-41-73-44-45-75-48-49-76-47-46-74-43-42-72-39-38-70-35-34-68-31-30-66-27-26-64-23-22-62-19-18-60-15-14-58-11-10-56-7-6-54-3-2-50(51)52/h2-49H2,1H3,(H,51,52). The Morgan fingerprint density at radius 1 is 0.184 bits per heavy atom. The van der Waals surface area contributed by atoms with Gasteiger partial charge in [0.15, 0.2) is 0 Å². The Bertz CT molecular complexity index is 1050. The summed E-state index contributed by atoms with van der Waals surface area (Å²) in [5.41, 5.74) is 0. The molecule has 456 valence electrons. The van der Waals surface area contributed by atoms with E-state index in [0.717, 1.165) is 0 Å². The van der Waals surface area contributed by atoms with E-state index in [4.69, 9.17) is 119 Å². The predicted molar refractivity (Wildman–Crippen MR) is 273 cm³/mol. The summed E-state index contributed by atoms with van der Waals surface area (Å²) in [5, 5.41) is 8.52. The number of carboxylic acid groups (broad SMARTS) is 1. The summed E-state index contributed by atoms with van der Waals surface area (Å²) in [7, 11) is 1.64. The Hall–Kier alpha value is -1.49. The number of carboxylic acids is 1. The minimum atomic E-state index is -0.879. The van der Waals surface area contributed by atoms with E-state index in [9.17, 15) is 4.79 Å². The van der Waals surface area contributed by atoms with Crippen LogP contribution >= 0.6 is 0 Å². The molecular formula is C50H100O26. The van der Waals surface area contributed by atoms with Crippen molar-refractivity contribution in [2.24, 2.45) is 0 Å². The van der Waals surface area contributed by atoms with Crippen LogP contribution in [0.2, 0.25) is 0 Å². The van der Waals surface area contributed by atoms with Gasteiger partial charge in [-0.3, -0.25) is 4.79 Å². The summed E-state index contributed by atoms with van der Waals surface area (Å²) >= 11 is 0. The molecule has 0 heterocycles. The number of methoxy groups -OCH3 is 1. The molecule has 0 rings (SSSR count). The summed E-state index contributed by atoms with van der Waals surface area (Å²) in [4.78, 5) is 10.4. The largest absolute Gasteiger partial charge is 0.481 e. The molecule has 0 spiro atoms. The predicted octanol–water partition coefficient (Wildman–Crippen LogP) is 0.489. The van der Waals surface area contributed by atoms with Gasteiger partial charge < -0.3 is 119 Å². The summed E-state index contributed by atoms with van der Waals surface area (Å²) in [6, 6.07) is 0. The lowest BCUT2D eigenvalue weighted by Gasteiger charge is -2.09. The summed E-state index contributed by atoms with van der Waals surface area (Å²) in [6.07, 6.45) is -0.00934. The maximum atomic E-state index is 10.4. The van der Waals surface area contributed by atoms with Gasteiger partial charge >= 0.3 is 5.97 Å². The first-order valence-corrected chi connectivity index (χ1v) is 26.8. The van der Waals surface area contributed by atoms with Crippen molar-refractivity contribution in [1.29, 1.82) is 0 Å². The average Bonchev–Trinajstić information content (AvgIpc) is 3.42. The number of rotatable bonds is 72. The third-order valence-electron chi connectivity index (χ3n) is 9.08. The molecule has 0 aromatic carbocycles. The molecule has 0 saturated heterocycles. The molecule has 1 N–H and O–H groups in total. The lowest BCUT2D eigenvalue weighted by molar-refractivity contribution is -0.138. The second kappa shape index (κ2) is 71.5. The van der Waals surface area contributed by atoms with Crippen molar-refractivity contribution < 1.29 is 124 Å². The van der Waals surface area contributed by atoms with Gasteiger partial charge in [-0.05, 0) is 0 Å². The van der Waals surface area contributed by atoms with Crippen LogP contribution in [0.25, 0.3) is 0 Å². The van der Waals surface area contributed by atoms with Crippen LogP contribution in [-0.4, -0.2) is 329 Å². The van der Waals surface area contributed by atoms with Crippen LogP contribution in [0.5, 0.6) is 0 Å². The molecule has 0 fully saturated rings. The highest BCUT2D eigenvalue weighted by molar-refractivity contribution is 5.66. The third kappa shape index (κ3) is 72.5. The number of hydrogen-bond acceptors (Lipinski definition) is 25. The normalized spacial score (nSPS) is 11.7. The van der Waals surface area contributed by atoms with Gasteiger partial charge in [-0.25, -0.2) is 0 Å². The molecule has 26 heteroatoms. The fraction of sp³-hybridized carbons (Fsp3) is 0.980. The molecule has 0 atom stereocenters. The van der Waals surface area contributed by atoms with E-state index in [1.54, 1.807) is 7.11 Å². The van der Waals surface area contributed by atoms with Gasteiger partial charge in [0.25, 0.3) is 0 Å². The fourth-order valence-electron chi connectivity index (χ4n) is 5.24. The van der Waals surface area contributed by atoms with E-state index < -0.39 is 5.97 Å². The number of ether oxygens (including phenoxy) is 24. The molecule has 0 radical (unpaired) electrons. The summed E-state index contributed by atoms with van der Waals surface area (Å²) < 4.78 is 130. The second-order valence-corrected chi connectivity index (χ2v) is 15.2. The zero-order valence-electron chi connectivity index (χ0n) is 46.1. The van der Waals surface area contributed by atoms with Crippen LogP contribution in [0, 0.1) is 0 Å². The zero-order valence-corrected chi connectivity index (χ0v) is 46.1. The van der Waals surface area contributed by atoms with E-state index in [-0.39, 0.29) is 13.0 Å². The first kappa shape index (κ1) is 74.5. The first-order valence-electron chi connectivity index (χ1n) is 26.8. The number of aliphatic carboxylic acids is 1. The van der Waals surface area contributed by atoms with Crippen molar-refractivity contribution in [2.75, 3.05) is 318 Å². The molecule has 76 heavy (non-hydrogen) atoms. The molecule has 0 aromatic rings. The molecule has 0 unspecified atom stereocenters. The van der Waals surface area contributed by atoms with Crippen LogP contribution in [0.15, 0.2) is 0 Å². The molecule has 26 nitrogen and oxygen atoms in total. The van der Waals surface area contributed by atoms with E-state index >= 15 is 0 Å². The maximum absolute atomic E-state index is 10.4. The smallest absolute Gasteiger partial charge is 0.305 e. The zero-order chi connectivity index (χ0) is 54.5. The van der Waals surface area contributed by atoms with Crippen molar-refractivity contribution in [3.63, 3.8) is 0 Å². The molecule has 0 aliphatic rings. The van der Waals surface area contributed by atoms with Gasteiger partial charge in [0.05, 0.1) is 317 Å². The Morgan fingerprint density at radius 3 is 0.368 bits per heavy atom. The monoisotopic (exact) mass is 1120 g/mol. The highest BCUT2D eigenvalue weighted by Gasteiger charge is 2.01. The van der Waals surface area contributed by atoms with Gasteiger partial charge in [0, 0.05) is 7.11 Å². The highest BCUT2D eigenvalue weighted by atomic mass is 16.6. The molecule has 0 amide bonds. The number of carbonyl (C=O) groups is 1. The van der Waals surface area contributed by atoms with E-state index in [2.05, 4.69) is 0 Å². The SMILES string of the molecule is COCCOCCOCCOCCOCCOCCOCCOCCOCCOCCOCCOCCOCCOCCOCCOCCOCCOCCOCCOCCOCCOCCOCCOCCC(=O)O. The lowest BCUT2D eigenvalue weighted by Crippen LogP contribution is -2.16. The Morgan fingerprint density at radius 2 is 0.276 bits per heavy atom. The highest BCUT2D eigenvalue weighted by Crippen LogP contribution is 1.91. The first-order chi connectivity index (χ1) is 37.8. The van der Waals surface area contributed by atoms with Crippen molar-refractivity contribution in [1.82, 2.24) is 0 Å². The van der Waals surface area contributed by atoms with Gasteiger partial charge in [0.2, 0.25) is 0 Å². The Labute approximate surface area is 452 Å². The number of hydrogen-bond donors (Lipinski definition) is 1. The minimum absolute atomic E-state index is 0.00934. The third-order valence-corrected chi connectivity index (χ3v) is 9.08. The second-order valence-electron chi connectivity index (χ2n) is 15.2. The molecular weight excluding hydrogens is 1020 g/mol. The summed E-state index contributed by atoms with van der Waals surface area (Å²) in [5.74, 6) is -0.879. The Kier molecular flexibility index (Phi) is 70.1. The van der Waals surface area contributed by atoms with E-state index in [1.807, 2.05) is 0 Å². The maximum Gasteiger partial charge on any atom is 0.305 e. The van der Waals surface area contributed by atoms with Crippen LogP contribution < -0.4 is 0 Å². The molecule has 0 bridgehead atoms. The lowest BCUT2D eigenvalue weighted by atomic mass is 10.5. The van der Waals surface area contributed by atoms with Gasteiger partial charge in [-0.2, -0.15) is 0 Å². The van der Waals surface area contributed by atoms with Crippen LogP contribution in [0.3, 0.4) is 0 Å². The van der Waals surface area contributed by atoms with Gasteiger partial charge in [-0.15, -0.1) is 0 Å². The van der Waals surface area contributed by atoms with E-state index in [0.29, 0.717) is 304 Å². The molecule has 0 aliphatic carbocycles. The Balaban J connectivity index is 3.08. The molecule has 0 aromatic heterocycles. The molecule has 0 aliphatic heterocycles. The fourth-order valence-corrected chi connectivity index (χ4v) is 5.24. The topological polar surface area (TPSA) is 259 Å². The minimum Gasteiger partial charge on any atom is -0.481 e. The van der Waals surface area contributed by atoms with Gasteiger partial charge in [0.1, 0.15) is 0 Å². The quantitative estimate of drug-likeness (QED) is 0.0813. The van der Waals surface area contributed by atoms with Gasteiger partial charge in [-0.1, -0.05) is 0 Å². The van der Waals surface area contributed by atoms with Crippen LogP contribution in [0.4, 0.5) is 0 Å². The van der Waals surface area contributed by atoms with Crippen molar-refractivity contribution in [3.8, 4) is 0 Å². The van der Waals surface area contributed by atoms with Crippen molar-refractivity contribution in [2.45, 2.75) is 6.42 Å². The van der Waals surface area contributed by atoms with Crippen LogP contribution in [-0.2, 0) is 118 Å². The van der Waals surface area contributed by atoms with Crippen LogP contribution in [0.1, 0.15) is 6.42 Å². The average molecular weight is 1120 g/mol. The molecule has 0 saturated carbocycles. The van der Waals surface area contributed by atoms with E-state index in [1.165, 1.54) is 0 Å².